The molecule has 0 aliphatic heterocycles. The molecule has 5 heteroatoms. The SMILES string of the molecule is CCNc1ccc2[nH]c3cnc(C(=O)OCC)cc3c2c1. The third kappa shape index (κ3) is 2.42. The summed E-state index contributed by atoms with van der Waals surface area (Å²) in [5.74, 6) is -0.392. The molecule has 108 valence electrons. The van der Waals surface area contributed by atoms with Crippen LogP contribution in [0.25, 0.3) is 21.8 Å². The summed E-state index contributed by atoms with van der Waals surface area (Å²) in [6.45, 7) is 5.05. The topological polar surface area (TPSA) is 67.0 Å². The molecule has 0 amide bonds. The Kier molecular flexibility index (Phi) is 3.48. The van der Waals surface area contributed by atoms with E-state index < -0.39 is 5.97 Å². The molecule has 0 aliphatic rings. The average molecular weight is 283 g/mol. The monoisotopic (exact) mass is 283 g/mol. The Balaban J connectivity index is 2.15. The van der Waals surface area contributed by atoms with Crippen molar-refractivity contribution in [2.24, 2.45) is 0 Å². The zero-order valence-corrected chi connectivity index (χ0v) is 12.1. The highest BCUT2D eigenvalue weighted by atomic mass is 16.5. The average Bonchev–Trinajstić information content (AvgIpc) is 2.85. The molecule has 0 aliphatic carbocycles. The molecule has 2 N–H and O–H groups in total. The zero-order valence-electron chi connectivity index (χ0n) is 12.1. The van der Waals surface area contributed by atoms with E-state index in [0.29, 0.717) is 12.3 Å². The van der Waals surface area contributed by atoms with E-state index in [4.69, 9.17) is 4.74 Å². The van der Waals surface area contributed by atoms with Crippen molar-refractivity contribution in [3.63, 3.8) is 0 Å². The molecular weight excluding hydrogens is 266 g/mol. The quantitative estimate of drug-likeness (QED) is 0.721. The summed E-state index contributed by atoms with van der Waals surface area (Å²) in [6.07, 6.45) is 1.68. The fourth-order valence-corrected chi connectivity index (χ4v) is 2.43. The number of esters is 1. The number of hydrogen-bond acceptors (Lipinski definition) is 4. The van der Waals surface area contributed by atoms with Crippen molar-refractivity contribution in [1.29, 1.82) is 0 Å². The van der Waals surface area contributed by atoms with Crippen LogP contribution >= 0.6 is 0 Å². The van der Waals surface area contributed by atoms with Gasteiger partial charge in [-0.2, -0.15) is 0 Å². The molecule has 3 rings (SSSR count). The highest BCUT2D eigenvalue weighted by molar-refractivity contribution is 6.09. The minimum absolute atomic E-state index is 0.333. The predicted molar refractivity (Wildman–Crippen MR) is 83.7 cm³/mol. The van der Waals surface area contributed by atoms with Crippen LogP contribution in [-0.4, -0.2) is 29.1 Å². The Bertz CT molecular complexity index is 808. The molecule has 0 unspecified atom stereocenters. The smallest absolute Gasteiger partial charge is 0.356 e. The van der Waals surface area contributed by atoms with Crippen LogP contribution in [0.4, 0.5) is 5.69 Å². The van der Waals surface area contributed by atoms with Gasteiger partial charge in [0.05, 0.1) is 18.3 Å². The molecule has 3 aromatic rings. The van der Waals surface area contributed by atoms with E-state index in [0.717, 1.165) is 34.0 Å². The fourth-order valence-electron chi connectivity index (χ4n) is 2.43. The summed E-state index contributed by atoms with van der Waals surface area (Å²) in [4.78, 5) is 19.3. The Morgan fingerprint density at radius 2 is 2.05 bits per heavy atom. The molecule has 0 spiro atoms. The van der Waals surface area contributed by atoms with Gasteiger partial charge >= 0.3 is 5.97 Å². The lowest BCUT2D eigenvalue weighted by atomic mass is 10.1. The van der Waals surface area contributed by atoms with E-state index in [1.165, 1.54) is 0 Å². The first-order valence-corrected chi connectivity index (χ1v) is 7.05. The Labute approximate surface area is 122 Å². The second-order valence-electron chi connectivity index (χ2n) is 4.75. The molecule has 0 radical (unpaired) electrons. The standard InChI is InChI=1S/C16H17N3O2/c1-3-17-10-5-6-13-11(7-10)12-8-14(16(20)21-4-2)18-9-15(12)19-13/h5-9,17,19H,3-4H2,1-2H3. The molecule has 21 heavy (non-hydrogen) atoms. The molecule has 2 heterocycles. The lowest BCUT2D eigenvalue weighted by molar-refractivity contribution is 0.0520. The number of H-pyrrole nitrogens is 1. The Morgan fingerprint density at radius 1 is 1.24 bits per heavy atom. The lowest BCUT2D eigenvalue weighted by Gasteiger charge is -2.03. The van der Waals surface area contributed by atoms with E-state index in [9.17, 15) is 4.79 Å². The zero-order chi connectivity index (χ0) is 14.8. The normalized spacial score (nSPS) is 11.0. The van der Waals surface area contributed by atoms with Gasteiger partial charge in [0.1, 0.15) is 5.69 Å². The van der Waals surface area contributed by atoms with Crippen molar-refractivity contribution in [1.82, 2.24) is 9.97 Å². The van der Waals surface area contributed by atoms with Gasteiger partial charge in [0.15, 0.2) is 0 Å². The second-order valence-corrected chi connectivity index (χ2v) is 4.75. The summed E-state index contributed by atoms with van der Waals surface area (Å²) in [5, 5.41) is 5.33. The van der Waals surface area contributed by atoms with Gasteiger partial charge in [0.25, 0.3) is 0 Å². The Morgan fingerprint density at radius 3 is 2.81 bits per heavy atom. The van der Waals surface area contributed by atoms with Crippen LogP contribution in [0.5, 0.6) is 0 Å². The van der Waals surface area contributed by atoms with Crippen LogP contribution in [0.3, 0.4) is 0 Å². The highest BCUT2D eigenvalue weighted by Crippen LogP contribution is 2.28. The van der Waals surface area contributed by atoms with Crippen molar-refractivity contribution in [2.75, 3.05) is 18.5 Å². The summed E-state index contributed by atoms with van der Waals surface area (Å²) in [6, 6.07) is 7.91. The largest absolute Gasteiger partial charge is 0.461 e. The maximum Gasteiger partial charge on any atom is 0.356 e. The molecule has 5 nitrogen and oxygen atoms in total. The number of aromatic nitrogens is 2. The molecule has 2 aromatic heterocycles. The maximum absolute atomic E-state index is 11.8. The fraction of sp³-hybridized carbons (Fsp3) is 0.250. The highest BCUT2D eigenvalue weighted by Gasteiger charge is 2.12. The first-order valence-electron chi connectivity index (χ1n) is 7.05. The van der Waals surface area contributed by atoms with Crippen LogP contribution < -0.4 is 5.32 Å². The minimum atomic E-state index is -0.392. The molecule has 0 bridgehead atoms. The van der Waals surface area contributed by atoms with E-state index in [-0.39, 0.29) is 0 Å². The number of ether oxygens (including phenoxy) is 1. The van der Waals surface area contributed by atoms with Gasteiger partial charge in [-0.3, -0.25) is 0 Å². The summed E-state index contributed by atoms with van der Waals surface area (Å²) in [5.41, 5.74) is 3.32. The van der Waals surface area contributed by atoms with Crippen LogP contribution in [-0.2, 0) is 4.74 Å². The van der Waals surface area contributed by atoms with E-state index in [2.05, 4.69) is 28.3 Å². The first-order chi connectivity index (χ1) is 10.2. The molecule has 0 saturated heterocycles. The van der Waals surface area contributed by atoms with E-state index in [1.807, 2.05) is 12.1 Å². The van der Waals surface area contributed by atoms with Crippen molar-refractivity contribution in [3.05, 3.63) is 36.2 Å². The maximum atomic E-state index is 11.8. The number of anilines is 1. The number of nitrogens with zero attached hydrogens (tertiary/aromatic N) is 1. The third-order valence-corrected chi connectivity index (χ3v) is 3.35. The number of nitrogens with one attached hydrogen (secondary N) is 2. The summed E-state index contributed by atoms with van der Waals surface area (Å²) < 4.78 is 5.00. The number of fused-ring (bicyclic) bond motifs is 3. The van der Waals surface area contributed by atoms with E-state index in [1.54, 1.807) is 19.2 Å². The second kappa shape index (κ2) is 5.44. The number of rotatable bonds is 4. The number of pyridine rings is 1. The number of carbonyl (C=O) groups is 1. The van der Waals surface area contributed by atoms with E-state index >= 15 is 0 Å². The summed E-state index contributed by atoms with van der Waals surface area (Å²) in [7, 11) is 0. The van der Waals surface area contributed by atoms with Crippen molar-refractivity contribution in [3.8, 4) is 0 Å². The van der Waals surface area contributed by atoms with Gasteiger partial charge < -0.3 is 15.0 Å². The van der Waals surface area contributed by atoms with Crippen molar-refractivity contribution in [2.45, 2.75) is 13.8 Å². The van der Waals surface area contributed by atoms with Gasteiger partial charge in [-0.05, 0) is 38.1 Å². The predicted octanol–water partition coefficient (Wildman–Crippen LogP) is 3.32. The molecule has 1 aromatic carbocycles. The van der Waals surface area contributed by atoms with Crippen LogP contribution in [0, 0.1) is 0 Å². The molecule has 0 atom stereocenters. The first kappa shape index (κ1) is 13.4. The molecular formula is C16H17N3O2. The van der Waals surface area contributed by atoms with Gasteiger partial charge in [0.2, 0.25) is 0 Å². The van der Waals surface area contributed by atoms with Crippen LogP contribution in [0.1, 0.15) is 24.3 Å². The summed E-state index contributed by atoms with van der Waals surface area (Å²) >= 11 is 0. The van der Waals surface area contributed by atoms with Gasteiger partial charge in [-0.25, -0.2) is 9.78 Å². The number of carbonyl (C=O) groups excluding carboxylic acids is 1. The minimum Gasteiger partial charge on any atom is -0.461 e. The molecule has 0 fully saturated rings. The van der Waals surface area contributed by atoms with Crippen LogP contribution in [0.2, 0.25) is 0 Å². The number of benzene rings is 1. The van der Waals surface area contributed by atoms with Gasteiger partial charge in [-0.1, -0.05) is 0 Å². The Hall–Kier alpha value is -2.56. The third-order valence-electron chi connectivity index (χ3n) is 3.35. The van der Waals surface area contributed by atoms with Gasteiger partial charge in [0, 0.05) is 28.5 Å². The van der Waals surface area contributed by atoms with Crippen molar-refractivity contribution < 1.29 is 9.53 Å². The number of aromatic amines is 1. The number of hydrogen-bond donors (Lipinski definition) is 2. The lowest BCUT2D eigenvalue weighted by Crippen LogP contribution is -2.06. The van der Waals surface area contributed by atoms with Gasteiger partial charge in [-0.15, -0.1) is 0 Å². The van der Waals surface area contributed by atoms with Crippen LogP contribution in [0.15, 0.2) is 30.5 Å². The molecule has 0 saturated carbocycles. The van der Waals surface area contributed by atoms with Crippen molar-refractivity contribution >= 4 is 33.5 Å².